The molecule has 3 aromatic carbocycles. The third-order valence-corrected chi connectivity index (χ3v) is 10.3. The van der Waals surface area contributed by atoms with Crippen LogP contribution in [-0.4, -0.2) is 21.7 Å². The number of thiophene rings is 1. The zero-order valence-electron chi connectivity index (χ0n) is 24.9. The van der Waals surface area contributed by atoms with Gasteiger partial charge in [-0.2, -0.15) is 5.26 Å². The van der Waals surface area contributed by atoms with Gasteiger partial charge in [0.25, 0.3) is 0 Å². The van der Waals surface area contributed by atoms with Gasteiger partial charge in [0.2, 0.25) is 0 Å². The summed E-state index contributed by atoms with van der Waals surface area (Å²) in [6.07, 6.45) is 13.0. The number of carboxylic acid groups (broad SMARTS) is 1. The fourth-order valence-electron chi connectivity index (χ4n) is 7.26. The second-order valence-electron chi connectivity index (χ2n) is 11.9. The largest absolute Gasteiger partial charge is 0.477 e. The number of nitrogens with zero attached hydrogens (tertiary/aromatic N) is 3. The fraction of sp³-hybridized carbons (Fsp3) is 0.263. The molecule has 5 aromatic rings. The van der Waals surface area contributed by atoms with Gasteiger partial charge in [0, 0.05) is 61.4 Å². The Hall–Kier alpha value is -4.60. The van der Waals surface area contributed by atoms with Crippen molar-refractivity contribution < 1.29 is 9.90 Å². The van der Waals surface area contributed by atoms with Crippen LogP contribution in [0.15, 0.2) is 78.4 Å². The first-order valence-electron chi connectivity index (χ1n) is 15.6. The SMILES string of the molecule is CCCCCn1c2ccccc2c2cc(N3c4ccc(/C=C/c5ccc(/C=C(/C#N)C(=O)O)s5)cc4C4CCCC43)ccc21. The topological polar surface area (TPSA) is 69.3 Å². The summed E-state index contributed by atoms with van der Waals surface area (Å²) in [5.74, 6) is -0.673. The molecule has 1 fully saturated rings. The maximum Gasteiger partial charge on any atom is 0.346 e. The molecule has 2 atom stereocenters. The van der Waals surface area contributed by atoms with Crippen LogP contribution >= 0.6 is 11.3 Å². The Morgan fingerprint density at radius 2 is 1.82 bits per heavy atom. The molecule has 0 bridgehead atoms. The van der Waals surface area contributed by atoms with E-state index < -0.39 is 5.97 Å². The highest BCUT2D eigenvalue weighted by atomic mass is 32.1. The molecule has 0 spiro atoms. The van der Waals surface area contributed by atoms with Crippen LogP contribution in [0.2, 0.25) is 0 Å². The molecule has 7 rings (SSSR count). The summed E-state index contributed by atoms with van der Waals surface area (Å²) in [4.78, 5) is 15.6. The lowest BCUT2D eigenvalue weighted by Crippen LogP contribution is -2.26. The van der Waals surface area contributed by atoms with Gasteiger partial charge in [0.05, 0.1) is 0 Å². The Bertz CT molecular complexity index is 1990. The number of carbonyl (C=O) groups is 1. The molecule has 0 amide bonds. The molecule has 44 heavy (non-hydrogen) atoms. The molecule has 220 valence electrons. The van der Waals surface area contributed by atoms with E-state index in [4.69, 9.17) is 10.4 Å². The maximum atomic E-state index is 11.2. The van der Waals surface area contributed by atoms with Crippen LogP contribution < -0.4 is 4.90 Å². The molecule has 1 aliphatic heterocycles. The Kier molecular flexibility index (Phi) is 7.57. The number of anilines is 2. The van der Waals surface area contributed by atoms with Crippen LogP contribution in [-0.2, 0) is 11.3 Å². The number of aliphatic carboxylic acids is 1. The minimum absolute atomic E-state index is 0.256. The molecule has 1 saturated carbocycles. The van der Waals surface area contributed by atoms with Gasteiger partial charge in [0.15, 0.2) is 0 Å². The summed E-state index contributed by atoms with van der Waals surface area (Å²) < 4.78 is 2.51. The van der Waals surface area contributed by atoms with Gasteiger partial charge in [-0.25, -0.2) is 4.79 Å². The number of aromatic nitrogens is 1. The van der Waals surface area contributed by atoms with Crippen LogP contribution in [0.4, 0.5) is 11.4 Å². The highest BCUT2D eigenvalue weighted by Gasteiger charge is 2.42. The van der Waals surface area contributed by atoms with Gasteiger partial charge >= 0.3 is 5.97 Å². The van der Waals surface area contributed by atoms with Gasteiger partial charge < -0.3 is 14.6 Å². The number of hydrogen-bond donors (Lipinski definition) is 1. The van der Waals surface area contributed by atoms with Gasteiger partial charge in [-0.3, -0.25) is 0 Å². The van der Waals surface area contributed by atoms with Crippen molar-refractivity contribution in [1.29, 1.82) is 5.26 Å². The first-order valence-corrected chi connectivity index (χ1v) is 16.4. The number of nitriles is 1. The number of benzene rings is 3. The lowest BCUT2D eigenvalue weighted by molar-refractivity contribution is -0.132. The van der Waals surface area contributed by atoms with Crippen molar-refractivity contribution in [3.8, 4) is 6.07 Å². The summed E-state index contributed by atoms with van der Waals surface area (Å²) in [6, 6.07) is 28.9. The van der Waals surface area contributed by atoms with E-state index in [0.29, 0.717) is 12.0 Å². The van der Waals surface area contributed by atoms with Crippen LogP contribution in [0.1, 0.15) is 72.2 Å². The van der Waals surface area contributed by atoms with Gasteiger partial charge in [-0.05, 0) is 91.1 Å². The lowest BCUT2D eigenvalue weighted by atomic mass is 9.96. The summed E-state index contributed by atoms with van der Waals surface area (Å²) in [7, 11) is 0. The Morgan fingerprint density at radius 1 is 0.977 bits per heavy atom. The quantitative estimate of drug-likeness (QED) is 0.104. The highest BCUT2D eigenvalue weighted by Crippen LogP contribution is 2.53. The zero-order chi connectivity index (χ0) is 30.2. The van der Waals surface area contributed by atoms with Crippen LogP contribution in [0.5, 0.6) is 0 Å². The molecule has 5 nitrogen and oxygen atoms in total. The van der Waals surface area contributed by atoms with Gasteiger partial charge in [0.1, 0.15) is 11.6 Å². The minimum Gasteiger partial charge on any atom is -0.477 e. The van der Waals surface area contributed by atoms with Gasteiger partial charge in [-0.15, -0.1) is 11.3 Å². The second-order valence-corrected chi connectivity index (χ2v) is 13.1. The van der Waals surface area contributed by atoms with E-state index >= 15 is 0 Å². The number of unbranched alkanes of at least 4 members (excludes halogenated alkanes) is 2. The van der Waals surface area contributed by atoms with Gasteiger partial charge in [-0.1, -0.05) is 56.5 Å². The van der Waals surface area contributed by atoms with E-state index in [-0.39, 0.29) is 5.57 Å². The molecular weight excluding hydrogens is 563 g/mol. The predicted molar refractivity (Wildman–Crippen MR) is 182 cm³/mol. The Morgan fingerprint density at radius 3 is 2.66 bits per heavy atom. The second kappa shape index (κ2) is 11.8. The highest BCUT2D eigenvalue weighted by molar-refractivity contribution is 7.13. The van der Waals surface area contributed by atoms with E-state index in [1.807, 2.05) is 12.1 Å². The molecule has 2 unspecified atom stereocenters. The average molecular weight is 598 g/mol. The average Bonchev–Trinajstić information content (AvgIpc) is 3.82. The monoisotopic (exact) mass is 597 g/mol. The van der Waals surface area contributed by atoms with Crippen LogP contribution in [0.3, 0.4) is 0 Å². The fourth-order valence-corrected chi connectivity index (χ4v) is 8.12. The lowest BCUT2D eigenvalue weighted by Gasteiger charge is -2.27. The smallest absolute Gasteiger partial charge is 0.346 e. The number of fused-ring (bicyclic) bond motifs is 6. The van der Waals surface area contributed by atoms with E-state index in [2.05, 4.69) is 89.2 Å². The summed E-state index contributed by atoms with van der Waals surface area (Å²) >= 11 is 1.47. The van der Waals surface area contributed by atoms with Crippen LogP contribution in [0, 0.1) is 11.3 Å². The molecule has 1 N–H and O–H groups in total. The number of hydrogen-bond acceptors (Lipinski definition) is 4. The normalized spacial score (nSPS) is 17.9. The molecule has 2 aliphatic rings. The third kappa shape index (κ3) is 5.02. The molecular formula is C38H35N3O2S. The van der Waals surface area contributed by atoms with E-state index in [1.54, 1.807) is 6.07 Å². The third-order valence-electron chi connectivity index (χ3n) is 9.27. The molecule has 3 heterocycles. The number of rotatable bonds is 9. The number of aryl methyl sites for hydroxylation is 1. The zero-order valence-corrected chi connectivity index (χ0v) is 25.7. The predicted octanol–water partition coefficient (Wildman–Crippen LogP) is 10.00. The Balaban J connectivity index is 1.21. The van der Waals surface area contributed by atoms with E-state index in [9.17, 15) is 4.79 Å². The summed E-state index contributed by atoms with van der Waals surface area (Å²) in [6.45, 7) is 3.31. The van der Waals surface area contributed by atoms with Crippen molar-refractivity contribution in [3.05, 3.63) is 99.3 Å². The molecule has 6 heteroatoms. The molecule has 1 aliphatic carbocycles. The van der Waals surface area contributed by atoms with E-state index in [0.717, 1.165) is 21.9 Å². The number of carboxylic acids is 1. The van der Waals surface area contributed by atoms with Crippen molar-refractivity contribution in [3.63, 3.8) is 0 Å². The van der Waals surface area contributed by atoms with Crippen molar-refractivity contribution in [2.75, 3.05) is 4.90 Å². The standard InChI is InChI=1S/C38H35N3O2S/c1-2-3-6-20-40-34-10-5-4-8-30(34)33-23-27(14-19-35(33)40)41-36-11-7-9-31(36)32-21-25(13-18-37(32)41)12-15-28-16-17-29(44-28)22-26(24-39)38(42)43/h4-5,8,10,12-19,21-23,31,36H,2-3,6-7,9,11,20H2,1H3,(H,42,43)/b15-12+,26-22-. The molecule has 0 radical (unpaired) electrons. The van der Waals surface area contributed by atoms with Crippen LogP contribution in [0.25, 0.3) is 40.0 Å². The summed E-state index contributed by atoms with van der Waals surface area (Å²) in [5.41, 5.74) is 7.60. The van der Waals surface area contributed by atoms with Crippen molar-refractivity contribution >= 4 is 68.7 Å². The van der Waals surface area contributed by atoms with Crippen molar-refractivity contribution in [1.82, 2.24) is 4.57 Å². The van der Waals surface area contributed by atoms with Crippen molar-refractivity contribution in [2.45, 2.75) is 64.0 Å². The maximum absolute atomic E-state index is 11.2. The first-order chi connectivity index (χ1) is 21.6. The Labute approximate surface area is 262 Å². The summed E-state index contributed by atoms with van der Waals surface area (Å²) in [5, 5.41) is 20.9. The first kappa shape index (κ1) is 28.2. The van der Waals surface area contributed by atoms with E-state index in [1.165, 1.54) is 94.7 Å². The molecule has 2 aromatic heterocycles. The molecule has 0 saturated heterocycles. The van der Waals surface area contributed by atoms with Crippen molar-refractivity contribution in [2.24, 2.45) is 0 Å². The minimum atomic E-state index is -1.20. The number of para-hydroxylation sites is 1.